The Morgan fingerprint density at radius 3 is 2.94 bits per heavy atom. The molecule has 0 spiro atoms. The molecule has 2 aliphatic rings. The maximum absolute atomic E-state index is 11.9. The summed E-state index contributed by atoms with van der Waals surface area (Å²) in [6.07, 6.45) is 1.62. The van der Waals surface area contributed by atoms with Gasteiger partial charge in [0.05, 0.1) is 0 Å². The summed E-state index contributed by atoms with van der Waals surface area (Å²) in [6, 6.07) is -0.980. The highest BCUT2D eigenvalue weighted by atomic mass is 16.4. The molecule has 16 heavy (non-hydrogen) atoms. The molecule has 0 aromatic rings. The molecule has 6 nitrogen and oxygen atoms in total. The predicted molar refractivity (Wildman–Crippen MR) is 53.5 cm³/mol. The van der Waals surface area contributed by atoms with Crippen LogP contribution in [0.2, 0.25) is 0 Å². The summed E-state index contributed by atoms with van der Waals surface area (Å²) in [6.45, 7) is 0.612. The Morgan fingerprint density at radius 1 is 1.50 bits per heavy atom. The molecule has 88 valence electrons. The molecule has 0 aromatic carbocycles. The molecular weight excluding hydrogens is 212 g/mol. The van der Waals surface area contributed by atoms with Crippen LogP contribution in [0.4, 0.5) is 0 Å². The first-order valence-corrected chi connectivity index (χ1v) is 5.42. The van der Waals surface area contributed by atoms with Crippen LogP contribution in [0.3, 0.4) is 0 Å². The lowest BCUT2D eigenvalue weighted by molar-refractivity contribution is -0.147. The molecule has 2 rings (SSSR count). The molecule has 2 fully saturated rings. The van der Waals surface area contributed by atoms with E-state index in [1.165, 1.54) is 0 Å². The number of piperazine rings is 1. The minimum absolute atomic E-state index is 0.102. The molecule has 0 aliphatic carbocycles. The maximum atomic E-state index is 11.9. The van der Waals surface area contributed by atoms with E-state index in [0.29, 0.717) is 13.0 Å². The Kier molecular flexibility index (Phi) is 2.80. The highest BCUT2D eigenvalue weighted by molar-refractivity contribution is 5.97. The highest BCUT2D eigenvalue weighted by Gasteiger charge is 2.42. The van der Waals surface area contributed by atoms with Crippen molar-refractivity contribution in [1.82, 2.24) is 10.2 Å². The van der Waals surface area contributed by atoms with E-state index in [0.717, 1.165) is 6.42 Å². The molecule has 0 bridgehead atoms. The summed E-state index contributed by atoms with van der Waals surface area (Å²) in [5.74, 6) is -1.23. The summed E-state index contributed by atoms with van der Waals surface area (Å²) >= 11 is 0. The Morgan fingerprint density at radius 2 is 2.25 bits per heavy atom. The van der Waals surface area contributed by atoms with Crippen molar-refractivity contribution in [2.75, 3.05) is 6.54 Å². The van der Waals surface area contributed by atoms with Gasteiger partial charge in [0, 0.05) is 13.0 Å². The number of nitrogens with one attached hydrogen (secondary N) is 1. The standard InChI is InChI=1S/C10H14N2O4/c13-8(14)4-3-6-10(16)12-5-1-2-7(12)9(15)11-6/h6-7H,1-5H2,(H,11,15)(H,13,14)/t6-,7-/m0/s1. The summed E-state index contributed by atoms with van der Waals surface area (Å²) < 4.78 is 0. The smallest absolute Gasteiger partial charge is 0.303 e. The quantitative estimate of drug-likeness (QED) is 0.669. The van der Waals surface area contributed by atoms with Gasteiger partial charge >= 0.3 is 5.97 Å². The molecule has 2 aliphatic heterocycles. The van der Waals surface area contributed by atoms with E-state index in [1.807, 2.05) is 0 Å². The van der Waals surface area contributed by atoms with E-state index in [1.54, 1.807) is 4.90 Å². The van der Waals surface area contributed by atoms with Gasteiger partial charge in [0.1, 0.15) is 12.1 Å². The van der Waals surface area contributed by atoms with Gasteiger partial charge in [-0.1, -0.05) is 0 Å². The minimum Gasteiger partial charge on any atom is -0.481 e. The maximum Gasteiger partial charge on any atom is 0.303 e. The van der Waals surface area contributed by atoms with Crippen molar-refractivity contribution < 1.29 is 19.5 Å². The first kappa shape index (κ1) is 10.9. The van der Waals surface area contributed by atoms with Crippen molar-refractivity contribution in [1.29, 1.82) is 0 Å². The van der Waals surface area contributed by atoms with E-state index in [9.17, 15) is 14.4 Å². The van der Waals surface area contributed by atoms with Gasteiger partial charge in [0.15, 0.2) is 0 Å². The number of carboxylic acids is 1. The fourth-order valence-electron chi connectivity index (χ4n) is 2.30. The molecule has 0 aromatic heterocycles. The van der Waals surface area contributed by atoms with Crippen molar-refractivity contribution in [2.45, 2.75) is 37.8 Å². The average molecular weight is 226 g/mol. The molecule has 2 N–H and O–H groups in total. The third-order valence-electron chi connectivity index (χ3n) is 3.10. The summed E-state index contributed by atoms with van der Waals surface area (Å²) in [5, 5.41) is 11.1. The average Bonchev–Trinajstić information content (AvgIpc) is 2.70. The summed E-state index contributed by atoms with van der Waals surface area (Å²) in [4.78, 5) is 35.5. The van der Waals surface area contributed by atoms with Crippen LogP contribution in [0.15, 0.2) is 0 Å². The van der Waals surface area contributed by atoms with E-state index in [-0.39, 0.29) is 30.7 Å². The number of amides is 2. The SMILES string of the molecule is O=C(O)CC[C@@H]1NC(=O)[C@@H]2CCCN2C1=O. The Balaban J connectivity index is 2.02. The normalized spacial score (nSPS) is 28.9. The van der Waals surface area contributed by atoms with Gasteiger partial charge in [-0.05, 0) is 19.3 Å². The molecule has 0 unspecified atom stereocenters. The lowest BCUT2D eigenvalue weighted by Gasteiger charge is -2.34. The molecular formula is C10H14N2O4. The van der Waals surface area contributed by atoms with Gasteiger partial charge in [0.25, 0.3) is 0 Å². The van der Waals surface area contributed by atoms with Gasteiger partial charge in [-0.25, -0.2) is 0 Å². The van der Waals surface area contributed by atoms with Crippen molar-refractivity contribution in [3.8, 4) is 0 Å². The molecule has 2 saturated heterocycles. The topological polar surface area (TPSA) is 86.7 Å². The second-order valence-electron chi connectivity index (χ2n) is 4.18. The number of aliphatic carboxylic acids is 1. The second kappa shape index (κ2) is 4.11. The zero-order chi connectivity index (χ0) is 11.7. The number of fused-ring (bicyclic) bond motifs is 1. The van der Waals surface area contributed by atoms with Gasteiger partial charge in [-0.3, -0.25) is 14.4 Å². The van der Waals surface area contributed by atoms with Crippen LogP contribution in [-0.4, -0.2) is 46.4 Å². The first-order chi connectivity index (χ1) is 7.59. The lowest BCUT2D eigenvalue weighted by atomic mass is 10.0. The zero-order valence-corrected chi connectivity index (χ0v) is 8.81. The number of carboxylic acid groups (broad SMARTS) is 1. The second-order valence-corrected chi connectivity index (χ2v) is 4.18. The van der Waals surface area contributed by atoms with Gasteiger partial charge in [0.2, 0.25) is 11.8 Å². The largest absolute Gasteiger partial charge is 0.481 e. The van der Waals surface area contributed by atoms with Crippen molar-refractivity contribution in [2.24, 2.45) is 0 Å². The Bertz CT molecular complexity index is 342. The third-order valence-corrected chi connectivity index (χ3v) is 3.10. The van der Waals surface area contributed by atoms with Crippen LogP contribution < -0.4 is 5.32 Å². The van der Waals surface area contributed by atoms with E-state index in [2.05, 4.69) is 5.32 Å². The first-order valence-electron chi connectivity index (χ1n) is 5.42. The third kappa shape index (κ3) is 1.87. The van der Waals surface area contributed by atoms with Crippen LogP contribution in [-0.2, 0) is 14.4 Å². The fraction of sp³-hybridized carbons (Fsp3) is 0.700. The number of nitrogens with zero attached hydrogens (tertiary/aromatic N) is 1. The molecule has 0 radical (unpaired) electrons. The van der Waals surface area contributed by atoms with Crippen LogP contribution in [0.5, 0.6) is 0 Å². The van der Waals surface area contributed by atoms with Crippen molar-refractivity contribution >= 4 is 17.8 Å². The number of rotatable bonds is 3. The molecule has 0 saturated carbocycles. The van der Waals surface area contributed by atoms with E-state index < -0.39 is 12.0 Å². The van der Waals surface area contributed by atoms with Gasteiger partial charge in [-0.2, -0.15) is 0 Å². The number of hydrogen-bond donors (Lipinski definition) is 2. The zero-order valence-electron chi connectivity index (χ0n) is 8.81. The van der Waals surface area contributed by atoms with Gasteiger partial charge in [-0.15, -0.1) is 0 Å². The fourth-order valence-corrected chi connectivity index (χ4v) is 2.30. The van der Waals surface area contributed by atoms with E-state index >= 15 is 0 Å². The highest BCUT2D eigenvalue weighted by Crippen LogP contribution is 2.23. The van der Waals surface area contributed by atoms with Crippen LogP contribution >= 0.6 is 0 Å². The predicted octanol–water partition coefficient (Wildman–Crippen LogP) is -0.659. The number of carbonyl (C=O) groups is 3. The summed E-state index contributed by atoms with van der Waals surface area (Å²) in [5.41, 5.74) is 0. The van der Waals surface area contributed by atoms with Crippen LogP contribution in [0.25, 0.3) is 0 Å². The molecule has 6 heteroatoms. The van der Waals surface area contributed by atoms with Gasteiger partial charge < -0.3 is 15.3 Å². The Hall–Kier alpha value is -1.59. The Labute approximate surface area is 92.6 Å². The van der Waals surface area contributed by atoms with Crippen LogP contribution in [0.1, 0.15) is 25.7 Å². The van der Waals surface area contributed by atoms with Crippen molar-refractivity contribution in [3.63, 3.8) is 0 Å². The summed E-state index contributed by atoms with van der Waals surface area (Å²) in [7, 11) is 0. The number of hydrogen-bond acceptors (Lipinski definition) is 3. The number of carbonyl (C=O) groups excluding carboxylic acids is 2. The molecule has 2 heterocycles. The van der Waals surface area contributed by atoms with Crippen LogP contribution in [0, 0.1) is 0 Å². The molecule has 2 amide bonds. The lowest BCUT2D eigenvalue weighted by Crippen LogP contribution is -2.61. The van der Waals surface area contributed by atoms with Crippen molar-refractivity contribution in [3.05, 3.63) is 0 Å². The van der Waals surface area contributed by atoms with E-state index in [4.69, 9.17) is 5.11 Å². The monoisotopic (exact) mass is 226 g/mol. The molecule has 2 atom stereocenters. The minimum atomic E-state index is -0.953.